The van der Waals surface area contributed by atoms with E-state index in [4.69, 9.17) is 31.2 Å². The minimum atomic E-state index is -0.559. The number of allylic oxidation sites excluding steroid dienone is 1. The summed E-state index contributed by atoms with van der Waals surface area (Å²) < 4.78 is 13.3. The van der Waals surface area contributed by atoms with Crippen molar-refractivity contribution in [3.63, 3.8) is 0 Å². The van der Waals surface area contributed by atoms with E-state index in [-0.39, 0.29) is 6.61 Å². The van der Waals surface area contributed by atoms with Crippen molar-refractivity contribution in [3.05, 3.63) is 125 Å². The topological polar surface area (TPSA) is 78.3 Å². The number of carbonyl (C=O) groups is 1. The zero-order chi connectivity index (χ0) is 27.2. The van der Waals surface area contributed by atoms with Crippen molar-refractivity contribution in [1.82, 2.24) is 14.8 Å². The summed E-state index contributed by atoms with van der Waals surface area (Å²) in [7, 11) is 0. The van der Waals surface area contributed by atoms with E-state index in [0.29, 0.717) is 39.8 Å². The third kappa shape index (κ3) is 6.35. The third-order valence-corrected chi connectivity index (χ3v) is 7.25. The van der Waals surface area contributed by atoms with Crippen molar-refractivity contribution in [3.8, 4) is 5.75 Å². The fraction of sp³-hybridized carbons (Fsp3) is 0.167. The number of hydrogen-bond acceptors (Lipinski definition) is 7. The molecule has 0 saturated carbocycles. The summed E-state index contributed by atoms with van der Waals surface area (Å²) in [6.07, 6.45) is 1.55. The Morgan fingerprint density at radius 1 is 1.10 bits per heavy atom. The van der Waals surface area contributed by atoms with Gasteiger partial charge < -0.3 is 14.8 Å². The smallest absolute Gasteiger partial charge is 0.338 e. The number of fused-ring (bicyclic) bond motifs is 1. The molecule has 0 spiro atoms. The Morgan fingerprint density at radius 3 is 2.67 bits per heavy atom. The molecule has 198 valence electrons. The SMILES string of the molecule is C=CCOC(=O)C1=C(C)Nc2nc(SCc3ccccc3)nn2C1c1cccc(OCc2ccc(Cl)cc2)c1. The van der Waals surface area contributed by atoms with E-state index in [2.05, 4.69) is 24.0 Å². The van der Waals surface area contributed by atoms with Gasteiger partial charge in [0.15, 0.2) is 0 Å². The molecule has 0 bridgehead atoms. The number of halogens is 1. The lowest BCUT2D eigenvalue weighted by atomic mass is 9.95. The van der Waals surface area contributed by atoms with Crippen LogP contribution in [0.3, 0.4) is 0 Å². The summed E-state index contributed by atoms with van der Waals surface area (Å²) in [5.74, 6) is 1.50. The number of aromatic nitrogens is 3. The van der Waals surface area contributed by atoms with Crippen LogP contribution in [0.2, 0.25) is 5.02 Å². The number of carbonyl (C=O) groups excluding carboxylic acids is 1. The molecule has 0 fully saturated rings. The number of hydrogen-bond donors (Lipinski definition) is 1. The molecule has 0 amide bonds. The molecule has 1 aliphatic rings. The summed E-state index contributed by atoms with van der Waals surface area (Å²) >= 11 is 7.54. The number of rotatable bonds is 10. The Bertz CT molecular complexity index is 1500. The number of esters is 1. The largest absolute Gasteiger partial charge is 0.489 e. The van der Waals surface area contributed by atoms with E-state index >= 15 is 0 Å². The summed E-state index contributed by atoms with van der Waals surface area (Å²) in [6.45, 7) is 5.98. The van der Waals surface area contributed by atoms with Gasteiger partial charge in [-0.15, -0.1) is 5.10 Å². The highest BCUT2D eigenvalue weighted by molar-refractivity contribution is 7.98. The maximum atomic E-state index is 13.2. The van der Waals surface area contributed by atoms with Gasteiger partial charge in [-0.25, -0.2) is 9.48 Å². The van der Waals surface area contributed by atoms with Crippen molar-refractivity contribution >= 4 is 35.3 Å². The van der Waals surface area contributed by atoms with Gasteiger partial charge in [0.05, 0.1) is 5.57 Å². The highest BCUT2D eigenvalue weighted by Crippen LogP contribution is 2.38. The zero-order valence-corrected chi connectivity index (χ0v) is 22.9. The van der Waals surface area contributed by atoms with Crippen molar-refractivity contribution in [1.29, 1.82) is 0 Å². The first-order valence-electron chi connectivity index (χ1n) is 12.4. The molecule has 0 radical (unpaired) electrons. The molecule has 1 unspecified atom stereocenters. The molecular weight excluding hydrogens is 532 g/mol. The highest BCUT2D eigenvalue weighted by atomic mass is 35.5. The van der Waals surface area contributed by atoms with Crippen LogP contribution in [0.4, 0.5) is 5.95 Å². The Labute approximate surface area is 236 Å². The number of nitrogens with one attached hydrogen (secondary N) is 1. The van der Waals surface area contributed by atoms with Crippen LogP contribution in [0.25, 0.3) is 0 Å². The van der Waals surface area contributed by atoms with Gasteiger partial charge in [0.2, 0.25) is 11.1 Å². The summed E-state index contributed by atoms with van der Waals surface area (Å²) in [5, 5.41) is 9.31. The molecular formula is C30H27ClN4O3S. The molecule has 0 saturated heterocycles. The van der Waals surface area contributed by atoms with Crippen LogP contribution in [0.1, 0.15) is 29.7 Å². The molecule has 4 aromatic rings. The van der Waals surface area contributed by atoms with Crippen LogP contribution in [0.15, 0.2) is 108 Å². The normalized spacial score (nSPS) is 14.4. The predicted molar refractivity (Wildman–Crippen MR) is 154 cm³/mol. The lowest BCUT2D eigenvalue weighted by Crippen LogP contribution is -2.29. The van der Waals surface area contributed by atoms with Gasteiger partial charge in [-0.1, -0.05) is 90.6 Å². The fourth-order valence-corrected chi connectivity index (χ4v) is 5.13. The summed E-state index contributed by atoms with van der Waals surface area (Å²) in [4.78, 5) is 17.9. The van der Waals surface area contributed by atoms with E-state index < -0.39 is 12.0 Å². The van der Waals surface area contributed by atoms with Gasteiger partial charge in [-0.3, -0.25) is 0 Å². The van der Waals surface area contributed by atoms with Crippen LogP contribution in [-0.2, 0) is 21.9 Å². The zero-order valence-electron chi connectivity index (χ0n) is 21.3. The lowest BCUT2D eigenvalue weighted by Gasteiger charge is -2.28. The molecule has 1 aliphatic heterocycles. The van der Waals surface area contributed by atoms with E-state index in [1.54, 1.807) is 10.8 Å². The fourth-order valence-electron chi connectivity index (χ4n) is 4.22. The van der Waals surface area contributed by atoms with Gasteiger partial charge >= 0.3 is 5.97 Å². The van der Waals surface area contributed by atoms with Crippen LogP contribution in [0.5, 0.6) is 5.75 Å². The second-order valence-corrected chi connectivity index (χ2v) is 10.3. The monoisotopic (exact) mass is 558 g/mol. The molecule has 2 heterocycles. The van der Waals surface area contributed by atoms with Crippen molar-refractivity contribution in [2.45, 2.75) is 30.5 Å². The quantitative estimate of drug-likeness (QED) is 0.130. The van der Waals surface area contributed by atoms with E-state index in [0.717, 1.165) is 16.9 Å². The lowest BCUT2D eigenvalue weighted by molar-refractivity contribution is -0.138. The molecule has 7 nitrogen and oxygen atoms in total. The number of thioether (sulfide) groups is 1. The standard InChI is InChI=1S/C30H27ClN4O3S/c1-3-16-37-28(36)26-20(2)32-29-33-30(39-19-22-8-5-4-6-9-22)34-35(29)27(26)23-10-7-11-25(17-23)38-18-21-12-14-24(31)15-13-21/h3-15,17,27H,1,16,18-19H2,2H3,(H,32,33,34). The maximum absolute atomic E-state index is 13.2. The minimum absolute atomic E-state index is 0.106. The van der Waals surface area contributed by atoms with Gasteiger partial charge in [0.25, 0.3) is 0 Å². The van der Waals surface area contributed by atoms with Gasteiger partial charge in [-0.2, -0.15) is 4.98 Å². The van der Waals surface area contributed by atoms with Crippen molar-refractivity contribution < 1.29 is 14.3 Å². The van der Waals surface area contributed by atoms with Crippen LogP contribution in [0, 0.1) is 0 Å². The van der Waals surface area contributed by atoms with E-state index in [1.165, 1.54) is 17.3 Å². The van der Waals surface area contributed by atoms with Crippen molar-refractivity contribution in [2.24, 2.45) is 0 Å². The second kappa shape index (κ2) is 12.2. The molecule has 39 heavy (non-hydrogen) atoms. The highest BCUT2D eigenvalue weighted by Gasteiger charge is 2.35. The number of nitrogens with zero attached hydrogens (tertiary/aromatic N) is 3. The molecule has 0 aliphatic carbocycles. The van der Waals surface area contributed by atoms with Gasteiger partial charge in [0, 0.05) is 16.5 Å². The Morgan fingerprint density at radius 2 is 1.90 bits per heavy atom. The maximum Gasteiger partial charge on any atom is 0.338 e. The first-order chi connectivity index (χ1) is 19.0. The average molecular weight is 559 g/mol. The van der Waals surface area contributed by atoms with Gasteiger partial charge in [-0.05, 0) is 47.9 Å². The van der Waals surface area contributed by atoms with Crippen LogP contribution in [-0.4, -0.2) is 27.3 Å². The molecule has 3 aromatic carbocycles. The predicted octanol–water partition coefficient (Wildman–Crippen LogP) is 6.82. The Kier molecular flexibility index (Phi) is 8.34. The van der Waals surface area contributed by atoms with Crippen molar-refractivity contribution in [2.75, 3.05) is 11.9 Å². The summed E-state index contributed by atoms with van der Waals surface area (Å²) in [5.41, 5.74) is 4.09. The van der Waals surface area contributed by atoms with Crippen LogP contribution >= 0.6 is 23.4 Å². The summed E-state index contributed by atoms with van der Waals surface area (Å²) in [6, 6.07) is 24.8. The van der Waals surface area contributed by atoms with Gasteiger partial charge in [0.1, 0.15) is 25.0 Å². The van der Waals surface area contributed by atoms with Crippen LogP contribution < -0.4 is 10.1 Å². The first-order valence-corrected chi connectivity index (χ1v) is 13.7. The third-order valence-electron chi connectivity index (χ3n) is 6.09. The molecule has 1 N–H and O–H groups in total. The first kappa shape index (κ1) is 26.6. The number of ether oxygens (including phenoxy) is 2. The van der Waals surface area contributed by atoms with E-state index in [9.17, 15) is 4.79 Å². The Hall–Kier alpha value is -4.01. The Balaban J connectivity index is 1.45. The molecule has 9 heteroatoms. The molecule has 1 atom stereocenters. The minimum Gasteiger partial charge on any atom is -0.489 e. The molecule has 5 rings (SSSR count). The van der Waals surface area contributed by atoms with E-state index in [1.807, 2.05) is 73.7 Å². The molecule has 1 aromatic heterocycles. The number of anilines is 1. The second-order valence-electron chi connectivity index (χ2n) is 8.88. The average Bonchev–Trinajstić information content (AvgIpc) is 3.36. The number of benzene rings is 3.